The molecule has 0 bridgehead atoms. The average Bonchev–Trinajstić information content (AvgIpc) is 3.02. The van der Waals surface area contributed by atoms with Gasteiger partial charge in [-0.15, -0.1) is 0 Å². The number of fused-ring (bicyclic) bond motifs is 2. The van der Waals surface area contributed by atoms with Crippen LogP contribution in [-0.4, -0.2) is 115 Å². The van der Waals surface area contributed by atoms with Gasteiger partial charge in [0.1, 0.15) is 30.6 Å². The van der Waals surface area contributed by atoms with Crippen LogP contribution in [0.2, 0.25) is 0 Å². The van der Waals surface area contributed by atoms with Crippen molar-refractivity contribution in [2.45, 2.75) is 19.1 Å². The van der Waals surface area contributed by atoms with Gasteiger partial charge in [-0.1, -0.05) is 24.3 Å². The number of piperazine rings is 1. The molecule has 0 saturated carbocycles. The molecular weight excluding hydrogens is 536 g/mol. The number of aldehydes is 1. The fourth-order valence-corrected chi connectivity index (χ4v) is 6.00. The molecule has 0 amide bonds. The van der Waals surface area contributed by atoms with Gasteiger partial charge in [0.25, 0.3) is 0 Å². The van der Waals surface area contributed by atoms with Crippen molar-refractivity contribution in [2.24, 2.45) is 0 Å². The zero-order valence-corrected chi connectivity index (χ0v) is 23.8. The van der Waals surface area contributed by atoms with Gasteiger partial charge in [-0.25, -0.2) is 0 Å². The quantitative estimate of drug-likeness (QED) is 0.288. The molecule has 2 N–H and O–H groups in total. The molecule has 2 aromatic carbocycles. The molecule has 11 heteroatoms. The number of β-amino-alcohol motifs (C(OH)–C–C–N with tert-alkyl or cyclic N) is 1. The number of aliphatic hydroxyl groups excluding tert-OH is 1. The summed E-state index contributed by atoms with van der Waals surface area (Å²) in [6.45, 7) is 7.93. The Balaban J connectivity index is 1.25. The second-order valence-corrected chi connectivity index (χ2v) is 11.0. The number of aliphatic hydroxyl groups is 1. The van der Waals surface area contributed by atoms with Gasteiger partial charge in [-0.2, -0.15) is 9.97 Å². The average molecular weight is 575 g/mol. The Labute approximate surface area is 245 Å². The molecule has 1 aromatic heterocycles. The van der Waals surface area contributed by atoms with E-state index in [1.54, 1.807) is 6.07 Å². The summed E-state index contributed by atoms with van der Waals surface area (Å²) in [7, 11) is 0. The molecule has 1 atom stereocenters. The standard InChI is InChI=1S/C31H38N6O5/c38-15-3-7-34-9-11-36(12-10-34)30-27-6-8-37(29-19-24(39)18-23-4-1-2-5-26(23)29)21-28(27)32-31(33-30)42-22-25(40)20-35-13-16-41-17-14-35/h1-5,7,15,18-19,25,39-40H,6,8-14,16-17,20-22H2/t25-/m1/s1. The minimum absolute atomic E-state index is 0.0980. The zero-order chi connectivity index (χ0) is 28.9. The number of hydrogen-bond donors (Lipinski definition) is 2. The predicted molar refractivity (Wildman–Crippen MR) is 160 cm³/mol. The minimum atomic E-state index is -0.672. The van der Waals surface area contributed by atoms with Gasteiger partial charge in [-0.3, -0.25) is 9.69 Å². The predicted octanol–water partition coefficient (Wildman–Crippen LogP) is 1.80. The Hall–Kier alpha value is -3.93. The number of phenolic OH excluding ortho intramolecular Hbond substituents is 1. The molecule has 2 fully saturated rings. The van der Waals surface area contributed by atoms with E-state index in [0.29, 0.717) is 26.3 Å². The highest BCUT2D eigenvalue weighted by Gasteiger charge is 2.28. The normalized spacial score (nSPS) is 18.8. The van der Waals surface area contributed by atoms with Crippen molar-refractivity contribution in [3.05, 3.63) is 59.9 Å². The molecule has 3 aromatic rings. The highest BCUT2D eigenvalue weighted by atomic mass is 16.5. The molecule has 0 spiro atoms. The molecule has 11 nitrogen and oxygen atoms in total. The van der Waals surface area contributed by atoms with E-state index in [1.807, 2.05) is 30.5 Å². The van der Waals surface area contributed by atoms with E-state index in [2.05, 4.69) is 25.7 Å². The Bertz CT molecular complexity index is 1420. The number of carbonyl (C=O) groups excluding carboxylic acids is 1. The maximum atomic E-state index is 10.8. The van der Waals surface area contributed by atoms with Crippen molar-refractivity contribution in [3.63, 3.8) is 0 Å². The first-order valence-electron chi connectivity index (χ1n) is 14.7. The van der Waals surface area contributed by atoms with Gasteiger partial charge >= 0.3 is 6.01 Å². The van der Waals surface area contributed by atoms with E-state index >= 15 is 0 Å². The number of anilines is 2. The largest absolute Gasteiger partial charge is 0.508 e. The molecule has 2 saturated heterocycles. The molecule has 0 radical (unpaired) electrons. The number of ether oxygens (including phenoxy) is 2. The number of aromatic hydroxyl groups is 1. The first kappa shape index (κ1) is 28.2. The highest BCUT2D eigenvalue weighted by molar-refractivity contribution is 5.95. The third kappa shape index (κ3) is 6.43. The molecular formula is C31H38N6O5. The van der Waals surface area contributed by atoms with Crippen molar-refractivity contribution in [1.82, 2.24) is 19.8 Å². The molecule has 0 unspecified atom stereocenters. The number of carbonyl (C=O) groups is 1. The lowest BCUT2D eigenvalue weighted by atomic mass is 10.0. The number of aromatic nitrogens is 2. The topological polar surface area (TPSA) is 115 Å². The van der Waals surface area contributed by atoms with Gasteiger partial charge in [0.15, 0.2) is 0 Å². The number of rotatable bonds is 9. The van der Waals surface area contributed by atoms with Gasteiger partial charge in [-0.05, 0) is 23.9 Å². The van der Waals surface area contributed by atoms with Crippen LogP contribution in [0.1, 0.15) is 11.3 Å². The first-order valence-corrected chi connectivity index (χ1v) is 14.7. The third-order valence-electron chi connectivity index (χ3n) is 8.15. The van der Waals surface area contributed by atoms with Gasteiger partial charge in [0, 0.05) is 81.3 Å². The molecule has 6 rings (SSSR count). The van der Waals surface area contributed by atoms with Crippen LogP contribution in [0.15, 0.2) is 48.7 Å². The monoisotopic (exact) mass is 574 g/mol. The van der Waals surface area contributed by atoms with E-state index < -0.39 is 6.10 Å². The van der Waals surface area contributed by atoms with Crippen LogP contribution in [0.5, 0.6) is 11.8 Å². The number of phenols is 1. The number of morpholine rings is 1. The summed E-state index contributed by atoms with van der Waals surface area (Å²) in [4.78, 5) is 29.3. The first-order chi connectivity index (χ1) is 20.6. The van der Waals surface area contributed by atoms with Crippen LogP contribution >= 0.6 is 0 Å². The Morgan fingerprint density at radius 2 is 1.81 bits per heavy atom. The second kappa shape index (κ2) is 12.9. The van der Waals surface area contributed by atoms with Crippen molar-refractivity contribution in [3.8, 4) is 11.8 Å². The van der Waals surface area contributed by atoms with Crippen molar-refractivity contribution in [2.75, 3.05) is 82.0 Å². The lowest BCUT2D eigenvalue weighted by molar-refractivity contribution is -0.104. The fraction of sp³-hybridized carbons (Fsp3) is 0.452. The molecule has 3 aliphatic rings. The number of hydrogen-bond acceptors (Lipinski definition) is 11. The van der Waals surface area contributed by atoms with Crippen LogP contribution < -0.4 is 14.5 Å². The van der Waals surface area contributed by atoms with E-state index in [4.69, 9.17) is 19.4 Å². The van der Waals surface area contributed by atoms with E-state index in [0.717, 1.165) is 92.1 Å². The Kier molecular flexibility index (Phi) is 8.68. The summed E-state index contributed by atoms with van der Waals surface area (Å²) in [6.07, 6.45) is 4.23. The SMILES string of the molecule is O=CC=CN1CCN(c2nc(OC[C@H](O)CN3CCOCC3)nc3c2CCN(c2cc(O)cc4ccccc24)C3)CC1. The summed E-state index contributed by atoms with van der Waals surface area (Å²) >= 11 is 0. The van der Waals surface area contributed by atoms with Crippen molar-refractivity contribution in [1.29, 1.82) is 0 Å². The second-order valence-electron chi connectivity index (χ2n) is 11.0. The Morgan fingerprint density at radius 3 is 2.62 bits per heavy atom. The van der Waals surface area contributed by atoms with Crippen LogP contribution in [0.4, 0.5) is 11.5 Å². The minimum Gasteiger partial charge on any atom is -0.508 e. The van der Waals surface area contributed by atoms with Crippen LogP contribution in [0.3, 0.4) is 0 Å². The maximum absolute atomic E-state index is 10.8. The van der Waals surface area contributed by atoms with Crippen molar-refractivity contribution >= 4 is 28.6 Å². The van der Waals surface area contributed by atoms with E-state index in [9.17, 15) is 15.0 Å². The fourth-order valence-electron chi connectivity index (χ4n) is 6.00. The summed E-state index contributed by atoms with van der Waals surface area (Å²) < 4.78 is 11.4. The Morgan fingerprint density at radius 1 is 1.00 bits per heavy atom. The van der Waals surface area contributed by atoms with E-state index in [-0.39, 0.29) is 18.4 Å². The number of nitrogens with zero attached hydrogens (tertiary/aromatic N) is 6. The summed E-state index contributed by atoms with van der Waals surface area (Å²) in [5.74, 6) is 1.11. The lowest BCUT2D eigenvalue weighted by Gasteiger charge is -2.38. The molecule has 3 aliphatic heterocycles. The lowest BCUT2D eigenvalue weighted by Crippen LogP contribution is -2.45. The van der Waals surface area contributed by atoms with Gasteiger partial charge < -0.3 is 34.4 Å². The van der Waals surface area contributed by atoms with E-state index in [1.165, 1.54) is 6.08 Å². The molecule has 0 aliphatic carbocycles. The molecule has 4 heterocycles. The maximum Gasteiger partial charge on any atom is 0.318 e. The summed E-state index contributed by atoms with van der Waals surface area (Å²) in [5.41, 5.74) is 2.96. The van der Waals surface area contributed by atoms with Crippen LogP contribution in [-0.2, 0) is 22.5 Å². The highest BCUT2D eigenvalue weighted by Crippen LogP contribution is 2.36. The smallest absolute Gasteiger partial charge is 0.318 e. The third-order valence-corrected chi connectivity index (χ3v) is 8.15. The number of allylic oxidation sites excluding steroid dienone is 1. The summed E-state index contributed by atoms with van der Waals surface area (Å²) in [5, 5.41) is 23.2. The molecule has 222 valence electrons. The zero-order valence-electron chi connectivity index (χ0n) is 23.8. The summed E-state index contributed by atoms with van der Waals surface area (Å²) in [6, 6.07) is 11.9. The van der Waals surface area contributed by atoms with Gasteiger partial charge in [0.2, 0.25) is 0 Å². The molecule has 42 heavy (non-hydrogen) atoms. The van der Waals surface area contributed by atoms with Crippen molar-refractivity contribution < 1.29 is 24.5 Å². The van der Waals surface area contributed by atoms with Crippen LogP contribution in [0.25, 0.3) is 10.8 Å². The number of benzene rings is 2. The van der Waals surface area contributed by atoms with Crippen LogP contribution in [0, 0.1) is 0 Å². The van der Waals surface area contributed by atoms with Gasteiger partial charge in [0.05, 0.1) is 25.5 Å².